The van der Waals surface area contributed by atoms with E-state index >= 15 is 0 Å². The van der Waals surface area contributed by atoms with Crippen LogP contribution in [0, 0.1) is 0 Å². The topological polar surface area (TPSA) is 75.9 Å². The first-order chi connectivity index (χ1) is 10.5. The van der Waals surface area contributed by atoms with Gasteiger partial charge in [0.25, 0.3) is 0 Å². The van der Waals surface area contributed by atoms with E-state index in [0.717, 1.165) is 0 Å². The summed E-state index contributed by atoms with van der Waals surface area (Å²) < 4.78 is 15.4. The maximum Gasteiger partial charge on any atom is 1.00 e. The summed E-state index contributed by atoms with van der Waals surface area (Å²) >= 11 is 0. The molecule has 0 N–H and O–H groups in total. The molecule has 23 heavy (non-hydrogen) atoms. The molecule has 0 atom stereocenters. The standard InChI is InChI=1S/C9H9NO2.C6H15O3P.Ag/c1-7(11)10-9(12)8-5-3-2-4-6-8;1-4-7-10(8-5-2)9-6-3;/h2-6H,1H3,(H,10,11,12);4-6H2,1-3H3;/q;;+1/p-1. The van der Waals surface area contributed by atoms with Gasteiger partial charge in [0, 0.05) is 0 Å². The van der Waals surface area contributed by atoms with E-state index in [0.29, 0.717) is 25.4 Å². The minimum absolute atomic E-state index is 0. The molecule has 0 saturated carbocycles. The smallest absolute Gasteiger partial charge is 0.592 e. The van der Waals surface area contributed by atoms with Crippen molar-refractivity contribution in [3.8, 4) is 0 Å². The van der Waals surface area contributed by atoms with E-state index in [2.05, 4.69) is 5.32 Å². The summed E-state index contributed by atoms with van der Waals surface area (Å²) in [5.74, 6) is -0.952. The Morgan fingerprint density at radius 3 is 1.74 bits per heavy atom. The van der Waals surface area contributed by atoms with Gasteiger partial charge in [0.15, 0.2) is 0 Å². The summed E-state index contributed by atoms with van der Waals surface area (Å²) in [7, 11) is -1.06. The number of carbonyl (C=O) groups is 2. The average molecular weight is 436 g/mol. The third-order valence-electron chi connectivity index (χ3n) is 1.98. The summed E-state index contributed by atoms with van der Waals surface area (Å²) in [6.45, 7) is 8.96. The average Bonchev–Trinajstić information content (AvgIpc) is 2.49. The number of nitrogens with zero attached hydrogens (tertiary/aromatic N) is 1. The van der Waals surface area contributed by atoms with Crippen LogP contribution in [0.3, 0.4) is 0 Å². The zero-order valence-corrected chi connectivity index (χ0v) is 16.1. The van der Waals surface area contributed by atoms with Crippen molar-refractivity contribution >= 4 is 20.4 Å². The third-order valence-corrected chi connectivity index (χ3v) is 3.39. The molecule has 6 nitrogen and oxygen atoms in total. The van der Waals surface area contributed by atoms with Crippen molar-refractivity contribution in [2.75, 3.05) is 19.8 Å². The Morgan fingerprint density at radius 2 is 1.39 bits per heavy atom. The van der Waals surface area contributed by atoms with Gasteiger partial charge >= 0.3 is 31.0 Å². The first-order valence-electron chi connectivity index (χ1n) is 7.05. The molecule has 0 spiro atoms. The van der Waals surface area contributed by atoms with Crippen LogP contribution >= 0.6 is 8.60 Å². The van der Waals surface area contributed by atoms with Gasteiger partial charge in [-0.15, -0.1) is 0 Å². The van der Waals surface area contributed by atoms with E-state index in [-0.39, 0.29) is 22.4 Å². The van der Waals surface area contributed by atoms with Gasteiger partial charge < -0.3 is 28.5 Å². The molecule has 0 radical (unpaired) electrons. The number of amides is 2. The zero-order chi connectivity index (χ0) is 16.8. The molecule has 0 unspecified atom stereocenters. The van der Waals surface area contributed by atoms with Gasteiger partial charge in [0.1, 0.15) is 0 Å². The molecular formula is C15H23AgNO5P. The Hall–Kier alpha value is -0.590. The number of rotatable bonds is 7. The first kappa shape index (κ1) is 24.7. The van der Waals surface area contributed by atoms with Crippen molar-refractivity contribution in [3.63, 3.8) is 0 Å². The summed E-state index contributed by atoms with van der Waals surface area (Å²) in [6.07, 6.45) is 0. The fourth-order valence-electron chi connectivity index (χ4n) is 1.22. The van der Waals surface area contributed by atoms with Crippen LogP contribution in [0.4, 0.5) is 0 Å². The SMILES string of the molecule is CC(=O)[N-]C(=O)c1ccccc1.CCOP(OCC)OCC.[Ag+]. The number of imide groups is 1. The predicted molar refractivity (Wildman–Crippen MR) is 86.6 cm³/mol. The maximum atomic E-state index is 11.1. The molecule has 2 amide bonds. The van der Waals surface area contributed by atoms with Crippen LogP contribution in [-0.2, 0) is 40.7 Å². The Bertz CT molecular complexity index is 419. The summed E-state index contributed by atoms with van der Waals surface area (Å²) in [5, 5.41) is 3.27. The molecule has 0 aliphatic carbocycles. The molecule has 0 saturated heterocycles. The minimum Gasteiger partial charge on any atom is -0.592 e. The number of benzene rings is 1. The largest absolute Gasteiger partial charge is 1.00 e. The van der Waals surface area contributed by atoms with Crippen LogP contribution in [0.5, 0.6) is 0 Å². The summed E-state index contributed by atoms with van der Waals surface area (Å²) in [6, 6.07) is 8.49. The van der Waals surface area contributed by atoms with E-state index in [1.807, 2.05) is 20.8 Å². The van der Waals surface area contributed by atoms with Gasteiger partial charge in [0.05, 0.1) is 31.6 Å². The predicted octanol–water partition coefficient (Wildman–Crippen LogP) is 4.07. The second-order valence-corrected chi connectivity index (χ2v) is 5.00. The Balaban J connectivity index is 0. The van der Waals surface area contributed by atoms with Crippen molar-refractivity contribution < 1.29 is 45.5 Å². The number of hydrogen-bond donors (Lipinski definition) is 0. The monoisotopic (exact) mass is 435 g/mol. The molecule has 0 aliphatic rings. The Morgan fingerprint density at radius 1 is 0.957 bits per heavy atom. The van der Waals surface area contributed by atoms with Gasteiger partial charge in [-0.25, -0.2) is 0 Å². The Labute approximate surface area is 154 Å². The van der Waals surface area contributed by atoms with Crippen LogP contribution in [0.1, 0.15) is 38.1 Å². The normalized spacial score (nSPS) is 9.43. The molecule has 1 rings (SSSR count). The van der Waals surface area contributed by atoms with Crippen molar-refractivity contribution in [2.45, 2.75) is 27.7 Å². The minimum atomic E-state index is -1.06. The molecule has 0 aliphatic heterocycles. The van der Waals surface area contributed by atoms with Crippen LogP contribution in [0.25, 0.3) is 5.32 Å². The molecule has 0 aromatic heterocycles. The van der Waals surface area contributed by atoms with Gasteiger partial charge in [0.2, 0.25) is 0 Å². The number of carbonyl (C=O) groups excluding carboxylic acids is 2. The molecule has 0 fully saturated rings. The fourth-order valence-corrected chi connectivity index (χ4v) is 2.07. The number of hydrogen-bond acceptors (Lipinski definition) is 5. The van der Waals surface area contributed by atoms with Crippen molar-refractivity contribution in [1.29, 1.82) is 0 Å². The van der Waals surface area contributed by atoms with Gasteiger partial charge in [-0.05, 0) is 33.3 Å². The first-order valence-corrected chi connectivity index (χ1v) is 8.15. The second-order valence-electron chi connectivity index (χ2n) is 3.78. The molecule has 0 bridgehead atoms. The quantitative estimate of drug-likeness (QED) is 0.476. The molecule has 8 heteroatoms. The van der Waals surface area contributed by atoms with E-state index in [1.54, 1.807) is 30.3 Å². The van der Waals surface area contributed by atoms with Gasteiger partial charge in [-0.3, -0.25) is 0 Å². The molecule has 1 aromatic rings. The van der Waals surface area contributed by atoms with E-state index < -0.39 is 20.4 Å². The maximum absolute atomic E-state index is 11.1. The van der Waals surface area contributed by atoms with Gasteiger partial charge in [-0.1, -0.05) is 30.3 Å². The Kier molecular flexibility index (Phi) is 17.4. The summed E-state index contributed by atoms with van der Waals surface area (Å²) in [4.78, 5) is 21.5. The van der Waals surface area contributed by atoms with Crippen LogP contribution < -0.4 is 0 Å². The van der Waals surface area contributed by atoms with E-state index in [9.17, 15) is 9.59 Å². The molecule has 1 aromatic carbocycles. The third kappa shape index (κ3) is 13.5. The van der Waals surface area contributed by atoms with Crippen LogP contribution in [0.15, 0.2) is 30.3 Å². The van der Waals surface area contributed by atoms with Crippen molar-refractivity contribution in [1.82, 2.24) is 0 Å². The zero-order valence-electron chi connectivity index (χ0n) is 13.7. The van der Waals surface area contributed by atoms with Crippen molar-refractivity contribution in [2.24, 2.45) is 0 Å². The second kappa shape index (κ2) is 16.3. The summed E-state index contributed by atoms with van der Waals surface area (Å²) in [5.41, 5.74) is 0.438. The van der Waals surface area contributed by atoms with E-state index in [1.165, 1.54) is 6.92 Å². The molecule has 134 valence electrons. The van der Waals surface area contributed by atoms with Crippen LogP contribution in [0.2, 0.25) is 0 Å². The van der Waals surface area contributed by atoms with Crippen LogP contribution in [-0.4, -0.2) is 31.6 Å². The van der Waals surface area contributed by atoms with E-state index in [4.69, 9.17) is 13.6 Å². The van der Waals surface area contributed by atoms with Gasteiger partial charge in [-0.2, -0.15) is 0 Å². The fraction of sp³-hybridized carbons (Fsp3) is 0.467. The van der Waals surface area contributed by atoms with Crippen molar-refractivity contribution in [3.05, 3.63) is 41.2 Å². The molecular weight excluding hydrogens is 413 g/mol. The molecule has 0 heterocycles.